The summed E-state index contributed by atoms with van der Waals surface area (Å²) in [5.41, 5.74) is 6.46. The Morgan fingerprint density at radius 2 is 1.82 bits per heavy atom. The lowest BCUT2D eigenvalue weighted by Gasteiger charge is -2.16. The van der Waals surface area contributed by atoms with E-state index in [4.69, 9.17) is 11.6 Å². The minimum atomic E-state index is 0.645. The molecule has 0 bridgehead atoms. The number of hydrogen-bond acceptors (Lipinski definition) is 1. The Kier molecular flexibility index (Phi) is 3.27. The van der Waals surface area contributed by atoms with Crippen molar-refractivity contribution in [1.29, 1.82) is 0 Å². The number of aldehydes is 1. The summed E-state index contributed by atoms with van der Waals surface area (Å²) in [6.45, 7) is 0. The Hall–Kier alpha value is -2.06. The number of carbonyl (C=O) groups is 1. The highest BCUT2D eigenvalue weighted by Gasteiger charge is 2.15. The lowest BCUT2D eigenvalue weighted by Crippen LogP contribution is -2.02. The Labute approximate surface area is 134 Å². The monoisotopic (exact) mass is 309 g/mol. The first-order valence-corrected chi connectivity index (χ1v) is 8.02. The van der Waals surface area contributed by atoms with Gasteiger partial charge in [0.05, 0.1) is 5.69 Å². The standard InChI is InChI=1S/C19H16ClNO/c20-15-7-8-18-16(10-15)17(11-22)19(21-18)14-6-5-12-3-1-2-4-13(12)9-14/h5-11,21H,1-4H2. The molecule has 4 rings (SSSR count). The lowest BCUT2D eigenvalue weighted by molar-refractivity contribution is 0.112. The van der Waals surface area contributed by atoms with Gasteiger partial charge in [0.25, 0.3) is 0 Å². The van der Waals surface area contributed by atoms with Crippen LogP contribution in [0.3, 0.4) is 0 Å². The molecule has 0 atom stereocenters. The van der Waals surface area contributed by atoms with Crippen LogP contribution in [-0.2, 0) is 12.8 Å². The minimum absolute atomic E-state index is 0.645. The van der Waals surface area contributed by atoms with E-state index in [0.29, 0.717) is 10.6 Å². The maximum absolute atomic E-state index is 11.6. The predicted octanol–water partition coefficient (Wildman–Crippen LogP) is 5.18. The van der Waals surface area contributed by atoms with Crippen LogP contribution in [0.5, 0.6) is 0 Å². The third kappa shape index (κ3) is 2.15. The van der Waals surface area contributed by atoms with E-state index < -0.39 is 0 Å². The van der Waals surface area contributed by atoms with Crippen molar-refractivity contribution in [3.63, 3.8) is 0 Å². The van der Waals surface area contributed by atoms with Gasteiger partial charge in [-0.1, -0.05) is 23.7 Å². The number of carbonyl (C=O) groups excluding carboxylic acids is 1. The first-order chi connectivity index (χ1) is 10.8. The van der Waals surface area contributed by atoms with Crippen molar-refractivity contribution in [1.82, 2.24) is 4.98 Å². The number of aryl methyl sites for hydroxylation is 2. The predicted molar refractivity (Wildman–Crippen MR) is 90.8 cm³/mol. The fourth-order valence-corrected chi connectivity index (χ4v) is 3.60. The van der Waals surface area contributed by atoms with Gasteiger partial charge in [0.15, 0.2) is 6.29 Å². The highest BCUT2D eigenvalue weighted by atomic mass is 35.5. The molecule has 0 fully saturated rings. The van der Waals surface area contributed by atoms with Gasteiger partial charge >= 0.3 is 0 Å². The molecule has 1 N–H and O–H groups in total. The van der Waals surface area contributed by atoms with Crippen LogP contribution in [-0.4, -0.2) is 11.3 Å². The SMILES string of the molecule is O=Cc1c(-c2ccc3c(c2)CCCC3)[nH]c2ccc(Cl)cc12. The number of aromatic nitrogens is 1. The van der Waals surface area contributed by atoms with Gasteiger partial charge in [0.1, 0.15) is 0 Å². The lowest BCUT2D eigenvalue weighted by atomic mass is 9.89. The number of benzene rings is 2. The number of nitrogens with one attached hydrogen (secondary N) is 1. The van der Waals surface area contributed by atoms with Crippen molar-refractivity contribution in [2.45, 2.75) is 25.7 Å². The van der Waals surface area contributed by atoms with E-state index >= 15 is 0 Å². The summed E-state index contributed by atoms with van der Waals surface area (Å²) in [6.07, 6.45) is 5.74. The van der Waals surface area contributed by atoms with Crippen LogP contribution in [0, 0.1) is 0 Å². The van der Waals surface area contributed by atoms with Crippen LogP contribution >= 0.6 is 11.6 Å². The molecule has 1 aliphatic carbocycles. The molecular formula is C19H16ClNO. The maximum Gasteiger partial charge on any atom is 0.152 e. The van der Waals surface area contributed by atoms with E-state index in [1.807, 2.05) is 18.2 Å². The molecule has 3 heteroatoms. The van der Waals surface area contributed by atoms with Crippen molar-refractivity contribution in [2.24, 2.45) is 0 Å². The summed E-state index contributed by atoms with van der Waals surface area (Å²) in [5.74, 6) is 0. The number of hydrogen-bond donors (Lipinski definition) is 1. The molecule has 2 nitrogen and oxygen atoms in total. The van der Waals surface area contributed by atoms with Crippen LogP contribution in [0.4, 0.5) is 0 Å². The second-order valence-electron chi connectivity index (χ2n) is 5.91. The summed E-state index contributed by atoms with van der Waals surface area (Å²) < 4.78 is 0. The molecule has 1 heterocycles. The van der Waals surface area contributed by atoms with Gasteiger partial charge in [-0.25, -0.2) is 0 Å². The van der Waals surface area contributed by atoms with Gasteiger partial charge in [0, 0.05) is 21.5 Å². The average Bonchev–Trinajstić information content (AvgIpc) is 2.92. The molecule has 3 aromatic rings. The van der Waals surface area contributed by atoms with E-state index in [0.717, 1.165) is 34.9 Å². The molecule has 0 radical (unpaired) electrons. The molecule has 0 saturated carbocycles. The van der Waals surface area contributed by atoms with Crippen LogP contribution in [0.2, 0.25) is 5.02 Å². The van der Waals surface area contributed by atoms with E-state index in [2.05, 4.69) is 23.2 Å². The number of rotatable bonds is 2. The van der Waals surface area contributed by atoms with Crippen molar-refractivity contribution in [3.05, 3.63) is 58.1 Å². The van der Waals surface area contributed by atoms with Gasteiger partial charge in [-0.15, -0.1) is 0 Å². The molecule has 2 aromatic carbocycles. The van der Waals surface area contributed by atoms with Crippen molar-refractivity contribution in [3.8, 4) is 11.3 Å². The third-order valence-corrected chi connectivity index (χ3v) is 4.79. The maximum atomic E-state index is 11.6. The molecule has 0 spiro atoms. The van der Waals surface area contributed by atoms with Crippen LogP contribution in [0.25, 0.3) is 22.2 Å². The topological polar surface area (TPSA) is 32.9 Å². The molecule has 22 heavy (non-hydrogen) atoms. The molecule has 0 saturated heterocycles. The van der Waals surface area contributed by atoms with Gasteiger partial charge in [-0.3, -0.25) is 4.79 Å². The van der Waals surface area contributed by atoms with Crippen LogP contribution in [0.1, 0.15) is 34.3 Å². The first kappa shape index (κ1) is 13.6. The fourth-order valence-electron chi connectivity index (χ4n) is 3.42. The van der Waals surface area contributed by atoms with E-state index in [-0.39, 0.29) is 0 Å². The molecule has 0 amide bonds. The Morgan fingerprint density at radius 3 is 2.64 bits per heavy atom. The smallest absolute Gasteiger partial charge is 0.152 e. The molecule has 0 aliphatic heterocycles. The zero-order valence-electron chi connectivity index (χ0n) is 12.2. The fraction of sp³-hybridized carbons (Fsp3) is 0.211. The average molecular weight is 310 g/mol. The third-order valence-electron chi connectivity index (χ3n) is 4.56. The number of aromatic amines is 1. The summed E-state index contributed by atoms with van der Waals surface area (Å²) in [6, 6.07) is 12.2. The van der Waals surface area contributed by atoms with Gasteiger partial charge in [-0.2, -0.15) is 0 Å². The van der Waals surface area contributed by atoms with Gasteiger partial charge < -0.3 is 4.98 Å². The second kappa shape index (κ2) is 5.29. The Balaban J connectivity index is 1.92. The highest BCUT2D eigenvalue weighted by Crippen LogP contribution is 2.33. The van der Waals surface area contributed by atoms with E-state index in [1.165, 1.54) is 30.4 Å². The summed E-state index contributed by atoms with van der Waals surface area (Å²) in [4.78, 5) is 15.0. The Bertz CT molecular complexity index is 879. The molecule has 0 unspecified atom stereocenters. The van der Waals surface area contributed by atoms with E-state index in [9.17, 15) is 4.79 Å². The minimum Gasteiger partial charge on any atom is -0.354 e. The normalized spacial score (nSPS) is 14.0. The molecule has 110 valence electrons. The van der Waals surface area contributed by atoms with Gasteiger partial charge in [-0.05, 0) is 66.6 Å². The second-order valence-corrected chi connectivity index (χ2v) is 6.35. The molecule has 1 aliphatic rings. The van der Waals surface area contributed by atoms with Crippen molar-refractivity contribution in [2.75, 3.05) is 0 Å². The highest BCUT2D eigenvalue weighted by molar-refractivity contribution is 6.31. The molecule has 1 aromatic heterocycles. The molecular weight excluding hydrogens is 294 g/mol. The summed E-state index contributed by atoms with van der Waals surface area (Å²) in [5, 5.41) is 1.53. The zero-order chi connectivity index (χ0) is 15.1. The van der Waals surface area contributed by atoms with Crippen molar-refractivity contribution < 1.29 is 4.79 Å². The van der Waals surface area contributed by atoms with Crippen LogP contribution < -0.4 is 0 Å². The largest absolute Gasteiger partial charge is 0.354 e. The number of halogens is 1. The quantitative estimate of drug-likeness (QED) is 0.650. The zero-order valence-corrected chi connectivity index (χ0v) is 12.9. The summed E-state index contributed by atoms with van der Waals surface area (Å²) >= 11 is 6.07. The Morgan fingerprint density at radius 1 is 1.00 bits per heavy atom. The number of fused-ring (bicyclic) bond motifs is 2. The summed E-state index contributed by atoms with van der Waals surface area (Å²) in [7, 11) is 0. The number of H-pyrrole nitrogens is 1. The first-order valence-electron chi connectivity index (χ1n) is 7.65. The van der Waals surface area contributed by atoms with Crippen molar-refractivity contribution >= 4 is 28.8 Å². The van der Waals surface area contributed by atoms with Gasteiger partial charge in [0.2, 0.25) is 0 Å². The van der Waals surface area contributed by atoms with Crippen LogP contribution in [0.15, 0.2) is 36.4 Å². The van der Waals surface area contributed by atoms with E-state index in [1.54, 1.807) is 0 Å².